The Bertz CT molecular complexity index is 210. The molecule has 12 heavy (non-hydrogen) atoms. The van der Waals surface area contributed by atoms with Crippen molar-refractivity contribution in [2.75, 3.05) is 5.75 Å². The van der Waals surface area contributed by atoms with E-state index in [1.807, 2.05) is 0 Å². The fourth-order valence-corrected chi connectivity index (χ4v) is 1.36. The first-order valence-corrected chi connectivity index (χ1v) is 4.89. The van der Waals surface area contributed by atoms with Crippen molar-refractivity contribution >= 4 is 10.1 Å². The second-order valence-electron chi connectivity index (χ2n) is 2.55. The maximum absolute atomic E-state index is 10.2. The van der Waals surface area contributed by atoms with Crippen LogP contribution in [0.3, 0.4) is 0 Å². The van der Waals surface area contributed by atoms with Crippen molar-refractivity contribution in [2.45, 2.75) is 25.6 Å². The van der Waals surface area contributed by atoms with Gasteiger partial charge in [0, 0.05) is 6.42 Å². The largest absolute Gasteiger partial charge is 0.392 e. The number of hydrogen-bond donors (Lipinski definition) is 3. The molecule has 0 saturated heterocycles. The van der Waals surface area contributed by atoms with Gasteiger partial charge in [0.05, 0.1) is 12.2 Å². The van der Waals surface area contributed by atoms with Crippen molar-refractivity contribution in [1.82, 2.24) is 0 Å². The van der Waals surface area contributed by atoms with Gasteiger partial charge in [0.2, 0.25) is 0 Å². The molecule has 0 aromatic heterocycles. The lowest BCUT2D eigenvalue weighted by molar-refractivity contribution is -0.277. The topological polar surface area (TPSA) is 104 Å². The highest BCUT2D eigenvalue weighted by atomic mass is 32.2. The average Bonchev–Trinajstić information content (AvgIpc) is 1.82. The summed E-state index contributed by atoms with van der Waals surface area (Å²) in [6.45, 7) is 1.45. The van der Waals surface area contributed by atoms with Crippen LogP contribution in [0, 0.1) is 0 Å². The standard InChI is InChI=1S/C5H12O6S/c1-4(11-7)2-5(6)3-12(8,9)10/h4-7H,2-3H2,1H3,(H,8,9,10). The minimum Gasteiger partial charge on any atom is -0.392 e. The molecule has 3 N–H and O–H groups in total. The molecule has 74 valence electrons. The molecular formula is C5H12O6S. The lowest BCUT2D eigenvalue weighted by atomic mass is 10.2. The molecule has 2 unspecified atom stereocenters. The van der Waals surface area contributed by atoms with Gasteiger partial charge in [-0.25, -0.2) is 4.89 Å². The summed E-state index contributed by atoms with van der Waals surface area (Å²) in [5.74, 6) is -0.749. The molecule has 2 atom stereocenters. The summed E-state index contributed by atoms with van der Waals surface area (Å²) in [7, 11) is -4.16. The molecule has 0 heterocycles. The fourth-order valence-electron chi connectivity index (χ4n) is 0.737. The minimum atomic E-state index is -4.16. The van der Waals surface area contributed by atoms with Crippen LogP contribution in [0.25, 0.3) is 0 Å². The van der Waals surface area contributed by atoms with Crippen LogP contribution in [0.1, 0.15) is 13.3 Å². The summed E-state index contributed by atoms with van der Waals surface area (Å²) in [4.78, 5) is 3.80. The molecule has 0 aromatic carbocycles. The summed E-state index contributed by atoms with van der Waals surface area (Å²) in [5.41, 5.74) is 0. The van der Waals surface area contributed by atoms with Crippen molar-refractivity contribution in [3.05, 3.63) is 0 Å². The van der Waals surface area contributed by atoms with E-state index >= 15 is 0 Å². The monoisotopic (exact) mass is 200 g/mol. The Hall–Kier alpha value is -0.210. The van der Waals surface area contributed by atoms with Gasteiger partial charge in [-0.2, -0.15) is 8.42 Å². The quantitative estimate of drug-likeness (QED) is 0.314. The molecule has 0 aliphatic carbocycles. The van der Waals surface area contributed by atoms with Gasteiger partial charge in [0.1, 0.15) is 5.75 Å². The van der Waals surface area contributed by atoms with Crippen LogP contribution in [0.5, 0.6) is 0 Å². The third kappa shape index (κ3) is 6.50. The van der Waals surface area contributed by atoms with Gasteiger partial charge in [0.15, 0.2) is 0 Å². The number of hydrogen-bond acceptors (Lipinski definition) is 5. The predicted octanol–water partition coefficient (Wildman–Crippen LogP) is -0.497. The number of aliphatic hydroxyl groups excluding tert-OH is 1. The molecule has 0 radical (unpaired) electrons. The Kier molecular flexibility index (Phi) is 4.64. The molecule has 7 heteroatoms. The lowest BCUT2D eigenvalue weighted by Gasteiger charge is -2.11. The van der Waals surface area contributed by atoms with Gasteiger partial charge < -0.3 is 5.11 Å². The van der Waals surface area contributed by atoms with E-state index in [2.05, 4.69) is 4.89 Å². The molecule has 0 bridgehead atoms. The van der Waals surface area contributed by atoms with Crippen LogP contribution in [0.2, 0.25) is 0 Å². The van der Waals surface area contributed by atoms with Crippen LogP contribution in [0.15, 0.2) is 0 Å². The number of rotatable bonds is 5. The first-order chi connectivity index (χ1) is 5.35. The smallest absolute Gasteiger partial charge is 0.267 e. The zero-order valence-electron chi connectivity index (χ0n) is 6.54. The Morgan fingerprint density at radius 2 is 2.00 bits per heavy atom. The molecule has 0 saturated carbocycles. The van der Waals surface area contributed by atoms with Crippen LogP contribution in [-0.2, 0) is 15.0 Å². The first-order valence-electron chi connectivity index (χ1n) is 3.28. The molecule has 6 nitrogen and oxygen atoms in total. The van der Waals surface area contributed by atoms with E-state index in [4.69, 9.17) is 14.9 Å². The lowest BCUT2D eigenvalue weighted by Crippen LogP contribution is -2.24. The van der Waals surface area contributed by atoms with Crippen molar-refractivity contribution in [3.8, 4) is 0 Å². The highest BCUT2D eigenvalue weighted by Gasteiger charge is 2.17. The molecular weight excluding hydrogens is 188 g/mol. The maximum atomic E-state index is 10.2. The Morgan fingerprint density at radius 1 is 1.50 bits per heavy atom. The normalized spacial score (nSPS) is 17.3. The van der Waals surface area contributed by atoms with E-state index in [0.717, 1.165) is 0 Å². The molecule has 0 rings (SSSR count). The van der Waals surface area contributed by atoms with Gasteiger partial charge in [-0.3, -0.25) is 9.81 Å². The summed E-state index contributed by atoms with van der Waals surface area (Å²) < 4.78 is 28.7. The summed E-state index contributed by atoms with van der Waals surface area (Å²) in [5, 5.41) is 17.0. The Balaban J connectivity index is 3.82. The SMILES string of the molecule is CC(CC(O)CS(=O)(=O)O)OO. The molecule has 0 aromatic rings. The molecule has 0 fully saturated rings. The molecule has 0 aliphatic rings. The predicted molar refractivity (Wildman–Crippen MR) is 40.2 cm³/mol. The molecule has 0 spiro atoms. The van der Waals surface area contributed by atoms with Gasteiger partial charge in [-0.15, -0.1) is 0 Å². The van der Waals surface area contributed by atoms with E-state index in [0.29, 0.717) is 0 Å². The van der Waals surface area contributed by atoms with Crippen molar-refractivity contribution in [1.29, 1.82) is 0 Å². The number of aliphatic hydroxyl groups is 1. The zero-order valence-corrected chi connectivity index (χ0v) is 7.36. The highest BCUT2D eigenvalue weighted by Crippen LogP contribution is 2.02. The third-order valence-electron chi connectivity index (χ3n) is 1.19. The summed E-state index contributed by atoms with van der Waals surface area (Å²) >= 11 is 0. The Labute approximate surface area is 70.5 Å². The van der Waals surface area contributed by atoms with E-state index in [9.17, 15) is 8.42 Å². The minimum absolute atomic E-state index is 0.0592. The second kappa shape index (κ2) is 4.73. The van der Waals surface area contributed by atoms with E-state index in [1.165, 1.54) is 6.92 Å². The third-order valence-corrected chi connectivity index (χ3v) is 1.99. The molecule has 0 amide bonds. The van der Waals surface area contributed by atoms with E-state index < -0.39 is 28.1 Å². The van der Waals surface area contributed by atoms with Crippen molar-refractivity contribution < 1.29 is 28.2 Å². The van der Waals surface area contributed by atoms with Crippen molar-refractivity contribution in [3.63, 3.8) is 0 Å². The van der Waals surface area contributed by atoms with E-state index in [-0.39, 0.29) is 6.42 Å². The van der Waals surface area contributed by atoms with Gasteiger partial charge in [-0.1, -0.05) is 0 Å². The summed E-state index contributed by atoms with van der Waals surface area (Å²) in [6.07, 6.45) is -1.96. The Morgan fingerprint density at radius 3 is 2.33 bits per heavy atom. The maximum Gasteiger partial charge on any atom is 0.267 e. The summed E-state index contributed by atoms with van der Waals surface area (Å²) in [6, 6.07) is 0. The average molecular weight is 200 g/mol. The second-order valence-corrected chi connectivity index (χ2v) is 4.05. The van der Waals surface area contributed by atoms with Crippen LogP contribution in [0.4, 0.5) is 0 Å². The first kappa shape index (κ1) is 11.8. The van der Waals surface area contributed by atoms with Gasteiger partial charge in [0.25, 0.3) is 10.1 Å². The van der Waals surface area contributed by atoms with Crippen LogP contribution in [-0.4, -0.2) is 41.3 Å². The molecule has 0 aliphatic heterocycles. The van der Waals surface area contributed by atoms with Crippen molar-refractivity contribution in [2.24, 2.45) is 0 Å². The highest BCUT2D eigenvalue weighted by molar-refractivity contribution is 7.85. The van der Waals surface area contributed by atoms with Crippen LogP contribution >= 0.6 is 0 Å². The van der Waals surface area contributed by atoms with Crippen LogP contribution < -0.4 is 0 Å². The fraction of sp³-hybridized carbons (Fsp3) is 1.00. The van der Waals surface area contributed by atoms with E-state index in [1.54, 1.807) is 0 Å². The zero-order chi connectivity index (χ0) is 9.78. The van der Waals surface area contributed by atoms with Gasteiger partial charge in [-0.05, 0) is 6.92 Å². The van der Waals surface area contributed by atoms with Gasteiger partial charge >= 0.3 is 0 Å².